The lowest BCUT2D eigenvalue weighted by Crippen LogP contribution is -2.33. The van der Waals surface area contributed by atoms with Gasteiger partial charge in [-0.15, -0.1) is 0 Å². The summed E-state index contributed by atoms with van der Waals surface area (Å²) >= 11 is 0. The normalized spacial score (nSPS) is 11.6. The van der Waals surface area contributed by atoms with Gasteiger partial charge in [0.15, 0.2) is 5.96 Å². The van der Waals surface area contributed by atoms with Gasteiger partial charge in [-0.2, -0.15) is 8.42 Å². The number of guanidine groups is 1. The van der Waals surface area contributed by atoms with E-state index >= 15 is 0 Å². The van der Waals surface area contributed by atoms with Gasteiger partial charge >= 0.3 is 16.1 Å². The predicted octanol–water partition coefficient (Wildman–Crippen LogP) is 3.34. The number of hydrogen-bond acceptors (Lipinski definition) is 8. The van der Waals surface area contributed by atoms with E-state index < -0.39 is 16.1 Å². The van der Waals surface area contributed by atoms with Gasteiger partial charge in [0.05, 0.1) is 26.1 Å². The van der Waals surface area contributed by atoms with Crippen LogP contribution in [-0.4, -0.2) is 79.5 Å². The van der Waals surface area contributed by atoms with Gasteiger partial charge in [0.2, 0.25) is 5.76 Å². The van der Waals surface area contributed by atoms with Crippen LogP contribution in [0.1, 0.15) is 25.0 Å². The van der Waals surface area contributed by atoms with Crippen LogP contribution in [0, 0.1) is 0 Å². The number of nitrogens with zero attached hydrogens (tertiary/aromatic N) is 2. The molecular formula is C27H39N3O7S. The largest absolute Gasteiger partial charge is 0.493 e. The monoisotopic (exact) mass is 549 g/mol. The molecule has 0 aliphatic heterocycles. The SMILES string of the molecule is C/N=C(\NC)N(C)C.CCOC(=O)/C(=C/c1ccc(OCCc2ccc(OS(C)(=O)=O)cc2)cc1)OCC. The number of ether oxygens (including phenoxy) is 3. The molecule has 0 saturated heterocycles. The molecule has 0 unspecified atom stereocenters. The summed E-state index contributed by atoms with van der Waals surface area (Å²) in [5, 5.41) is 2.93. The lowest BCUT2D eigenvalue weighted by atomic mass is 10.1. The number of aliphatic imine (C=N–C) groups is 1. The van der Waals surface area contributed by atoms with E-state index in [4.69, 9.17) is 18.4 Å². The highest BCUT2D eigenvalue weighted by Gasteiger charge is 2.11. The van der Waals surface area contributed by atoms with Crippen molar-refractivity contribution >= 4 is 28.1 Å². The summed E-state index contributed by atoms with van der Waals surface area (Å²) < 4.78 is 43.1. The quantitative estimate of drug-likeness (QED) is 0.113. The molecule has 2 rings (SSSR count). The average Bonchev–Trinajstić information content (AvgIpc) is 2.86. The number of nitrogens with one attached hydrogen (secondary N) is 1. The van der Waals surface area contributed by atoms with E-state index in [1.54, 1.807) is 51.2 Å². The number of carbonyl (C=O) groups excluding carboxylic acids is 1. The van der Waals surface area contributed by atoms with Crippen molar-refractivity contribution in [2.45, 2.75) is 20.3 Å². The first-order valence-electron chi connectivity index (χ1n) is 12.1. The number of rotatable bonds is 11. The molecule has 10 nitrogen and oxygen atoms in total. The molecule has 0 bridgehead atoms. The molecule has 2 aromatic rings. The maximum atomic E-state index is 11.9. The first kappa shape index (κ1) is 32.3. The van der Waals surface area contributed by atoms with Gasteiger partial charge in [-0.3, -0.25) is 4.99 Å². The topological polar surface area (TPSA) is 116 Å². The van der Waals surface area contributed by atoms with Gasteiger partial charge in [0, 0.05) is 34.6 Å². The molecule has 0 aromatic heterocycles. The molecule has 0 spiro atoms. The van der Waals surface area contributed by atoms with Gasteiger partial charge in [0.1, 0.15) is 11.5 Å². The Kier molecular flexibility index (Phi) is 14.4. The zero-order valence-corrected chi connectivity index (χ0v) is 24.0. The minimum Gasteiger partial charge on any atom is -0.493 e. The molecule has 2 aromatic carbocycles. The Morgan fingerprint density at radius 3 is 2.00 bits per heavy atom. The summed E-state index contributed by atoms with van der Waals surface area (Å²) in [5.41, 5.74) is 1.78. The van der Waals surface area contributed by atoms with Gasteiger partial charge in [-0.1, -0.05) is 24.3 Å². The molecule has 11 heteroatoms. The number of esters is 1. The molecule has 0 amide bonds. The lowest BCUT2D eigenvalue weighted by Gasteiger charge is -2.12. The standard InChI is InChI=1S/C22H26O7S.C5H13N3/c1-4-26-21(22(23)27-5-2)16-18-8-10-19(11-9-18)28-15-14-17-6-12-20(13-7-17)29-30(3,24)25;1-6-5(7-2)8(3)4/h6-13,16H,4-5,14-15H2,1-3H3;1-4H3,(H,6,7)/b21-16-;. The summed E-state index contributed by atoms with van der Waals surface area (Å²) in [6.45, 7) is 4.65. The third kappa shape index (κ3) is 13.0. The van der Waals surface area contributed by atoms with Gasteiger partial charge in [0.25, 0.3) is 0 Å². The van der Waals surface area contributed by atoms with Gasteiger partial charge in [-0.25, -0.2) is 4.79 Å². The Bertz CT molecular complexity index is 1140. The number of hydrogen-bond donors (Lipinski definition) is 1. The minimum absolute atomic E-state index is 0.163. The van der Waals surface area contributed by atoms with Crippen molar-refractivity contribution in [2.24, 2.45) is 4.99 Å². The molecule has 0 atom stereocenters. The average molecular weight is 550 g/mol. The molecule has 0 saturated carbocycles. The van der Waals surface area contributed by atoms with E-state index in [1.807, 2.05) is 50.3 Å². The van der Waals surface area contributed by atoms with Crippen LogP contribution in [0.4, 0.5) is 0 Å². The zero-order valence-electron chi connectivity index (χ0n) is 23.2. The van der Waals surface area contributed by atoms with E-state index in [1.165, 1.54) is 0 Å². The van der Waals surface area contributed by atoms with Crippen LogP contribution < -0.4 is 14.2 Å². The van der Waals surface area contributed by atoms with Crippen LogP contribution in [0.2, 0.25) is 0 Å². The molecular weight excluding hydrogens is 510 g/mol. The van der Waals surface area contributed by atoms with Gasteiger partial charge < -0.3 is 28.6 Å². The van der Waals surface area contributed by atoms with Crippen LogP contribution in [0.3, 0.4) is 0 Å². The van der Waals surface area contributed by atoms with Crippen molar-refractivity contribution in [2.75, 3.05) is 54.3 Å². The smallest absolute Gasteiger partial charge is 0.373 e. The number of benzene rings is 2. The molecule has 210 valence electrons. The van der Waals surface area contributed by atoms with E-state index in [0.717, 1.165) is 23.3 Å². The molecule has 38 heavy (non-hydrogen) atoms. The Balaban J connectivity index is 0.000000781. The summed E-state index contributed by atoms with van der Waals surface area (Å²) in [6, 6.07) is 14.1. The van der Waals surface area contributed by atoms with Crippen LogP contribution >= 0.6 is 0 Å². The third-order valence-electron chi connectivity index (χ3n) is 4.64. The third-order valence-corrected chi connectivity index (χ3v) is 5.14. The Labute approximate surface area is 226 Å². The molecule has 1 N–H and O–H groups in total. The predicted molar refractivity (Wildman–Crippen MR) is 150 cm³/mol. The van der Waals surface area contributed by atoms with Gasteiger partial charge in [-0.05, 0) is 55.3 Å². The fourth-order valence-corrected chi connectivity index (χ4v) is 3.50. The minimum atomic E-state index is -3.53. The molecule has 0 aliphatic carbocycles. The maximum Gasteiger partial charge on any atom is 0.373 e. The number of carbonyl (C=O) groups is 1. The van der Waals surface area contributed by atoms with Crippen molar-refractivity contribution in [1.82, 2.24) is 10.2 Å². The second-order valence-corrected chi connectivity index (χ2v) is 9.53. The van der Waals surface area contributed by atoms with E-state index in [9.17, 15) is 13.2 Å². The second-order valence-electron chi connectivity index (χ2n) is 7.95. The van der Waals surface area contributed by atoms with Crippen molar-refractivity contribution in [3.05, 3.63) is 65.4 Å². The highest BCUT2D eigenvalue weighted by molar-refractivity contribution is 7.86. The first-order valence-corrected chi connectivity index (χ1v) is 13.9. The van der Waals surface area contributed by atoms with Crippen LogP contribution in [0.5, 0.6) is 11.5 Å². The lowest BCUT2D eigenvalue weighted by molar-refractivity contribution is -0.142. The second kappa shape index (κ2) is 16.9. The highest BCUT2D eigenvalue weighted by atomic mass is 32.2. The van der Waals surface area contributed by atoms with E-state index in [0.29, 0.717) is 25.4 Å². The fourth-order valence-electron chi connectivity index (χ4n) is 3.04. The van der Waals surface area contributed by atoms with E-state index in [2.05, 4.69) is 10.3 Å². The summed E-state index contributed by atoms with van der Waals surface area (Å²) in [5.74, 6) is 1.53. The van der Waals surface area contributed by atoms with Crippen molar-refractivity contribution in [3.63, 3.8) is 0 Å². The molecule has 0 aliphatic rings. The van der Waals surface area contributed by atoms with Crippen molar-refractivity contribution in [1.29, 1.82) is 0 Å². The fraction of sp³-hybridized carbons (Fsp3) is 0.407. The summed E-state index contributed by atoms with van der Waals surface area (Å²) in [6.07, 6.45) is 3.29. The summed E-state index contributed by atoms with van der Waals surface area (Å²) in [7, 11) is 3.96. The van der Waals surface area contributed by atoms with E-state index in [-0.39, 0.29) is 18.1 Å². The molecule has 0 radical (unpaired) electrons. The zero-order chi connectivity index (χ0) is 28.6. The van der Waals surface area contributed by atoms with Crippen LogP contribution in [0.15, 0.2) is 59.3 Å². The van der Waals surface area contributed by atoms with Crippen LogP contribution in [0.25, 0.3) is 6.08 Å². The highest BCUT2D eigenvalue weighted by Crippen LogP contribution is 2.17. The van der Waals surface area contributed by atoms with Crippen molar-refractivity contribution < 1.29 is 31.6 Å². The summed E-state index contributed by atoms with van der Waals surface area (Å²) in [4.78, 5) is 17.7. The molecule has 0 fully saturated rings. The maximum absolute atomic E-state index is 11.9. The Morgan fingerprint density at radius 1 is 0.974 bits per heavy atom. The first-order chi connectivity index (χ1) is 18.0. The molecule has 0 heterocycles. The Hall–Kier alpha value is -3.73. The van der Waals surface area contributed by atoms with Crippen molar-refractivity contribution in [3.8, 4) is 11.5 Å². The Morgan fingerprint density at radius 2 is 1.55 bits per heavy atom. The van der Waals surface area contributed by atoms with Crippen LogP contribution in [-0.2, 0) is 30.8 Å².